The maximum atomic E-state index is 13.4. The van der Waals surface area contributed by atoms with E-state index in [9.17, 15) is 26.7 Å². The first kappa shape index (κ1) is 19.8. The summed E-state index contributed by atoms with van der Waals surface area (Å²) >= 11 is 5.87. The van der Waals surface area contributed by atoms with Crippen molar-refractivity contribution in [1.29, 1.82) is 0 Å². The van der Waals surface area contributed by atoms with Gasteiger partial charge in [-0.3, -0.25) is 4.79 Å². The van der Waals surface area contributed by atoms with E-state index in [0.29, 0.717) is 0 Å². The van der Waals surface area contributed by atoms with Crippen LogP contribution in [0.25, 0.3) is 0 Å². The van der Waals surface area contributed by atoms with E-state index in [1.54, 1.807) is 0 Å². The van der Waals surface area contributed by atoms with Gasteiger partial charge in [-0.15, -0.1) is 11.6 Å². The topological polar surface area (TPSA) is 38.3 Å². The molecule has 1 aromatic carbocycles. The number of carbonyl (C=O) groups excluding carboxylic acids is 1. The molecule has 1 amide bonds. The Hall–Kier alpha value is -1.57. The summed E-state index contributed by atoms with van der Waals surface area (Å²) in [6.45, 7) is 2.51. The number of halogens is 6. The summed E-state index contributed by atoms with van der Waals surface area (Å²) in [6, 6.07) is 1.73. The van der Waals surface area contributed by atoms with Crippen LogP contribution in [-0.2, 0) is 4.79 Å². The Morgan fingerprint density at radius 2 is 1.96 bits per heavy atom. The number of hydrogen-bond donors (Lipinski definition) is 1. The summed E-state index contributed by atoms with van der Waals surface area (Å²) < 4.78 is 71.4. The van der Waals surface area contributed by atoms with Crippen LogP contribution in [0.3, 0.4) is 0 Å². The van der Waals surface area contributed by atoms with Gasteiger partial charge in [0.2, 0.25) is 5.91 Å². The van der Waals surface area contributed by atoms with Crippen LogP contribution in [0.2, 0.25) is 0 Å². The minimum atomic E-state index is -4.74. The van der Waals surface area contributed by atoms with Gasteiger partial charge in [0.15, 0.2) is 11.6 Å². The second-order valence-corrected chi connectivity index (χ2v) is 7.52. The van der Waals surface area contributed by atoms with Crippen molar-refractivity contribution >= 4 is 17.5 Å². The maximum absolute atomic E-state index is 13.4. The maximum Gasteiger partial charge on any atom is 0.403 e. The van der Waals surface area contributed by atoms with Gasteiger partial charge in [0, 0.05) is 10.9 Å². The fourth-order valence-electron chi connectivity index (χ4n) is 2.90. The molecular weight excluding hydrogens is 369 g/mol. The molecule has 0 radical (unpaired) electrons. The highest BCUT2D eigenvalue weighted by atomic mass is 35.5. The molecule has 25 heavy (non-hydrogen) atoms. The van der Waals surface area contributed by atoms with Crippen LogP contribution in [0, 0.1) is 17.0 Å². The summed E-state index contributed by atoms with van der Waals surface area (Å²) in [7, 11) is 0. The van der Waals surface area contributed by atoms with E-state index in [4.69, 9.17) is 16.3 Å². The minimum Gasteiger partial charge on any atom is -0.488 e. The van der Waals surface area contributed by atoms with Gasteiger partial charge < -0.3 is 10.1 Å². The molecule has 0 heterocycles. The largest absolute Gasteiger partial charge is 0.488 e. The second-order valence-electron chi connectivity index (χ2n) is 6.61. The zero-order valence-corrected chi connectivity index (χ0v) is 14.3. The molecule has 0 spiro atoms. The molecule has 2 rings (SSSR count). The lowest BCUT2D eigenvalue weighted by Crippen LogP contribution is -2.63. The van der Waals surface area contributed by atoms with Crippen molar-refractivity contribution < 1.29 is 31.5 Å². The van der Waals surface area contributed by atoms with Crippen molar-refractivity contribution in [3.8, 4) is 5.75 Å². The third-order valence-corrected chi connectivity index (χ3v) is 4.34. The number of nitrogens with one attached hydrogen (secondary N) is 1. The first-order chi connectivity index (χ1) is 11.4. The van der Waals surface area contributed by atoms with E-state index >= 15 is 0 Å². The molecule has 1 N–H and O–H groups in total. The van der Waals surface area contributed by atoms with Gasteiger partial charge in [-0.2, -0.15) is 13.2 Å². The highest BCUT2D eigenvalue weighted by molar-refractivity contribution is 6.25. The van der Waals surface area contributed by atoms with Crippen LogP contribution >= 0.6 is 11.6 Å². The average Bonchev–Trinajstić information content (AvgIpc) is 2.44. The lowest BCUT2D eigenvalue weighted by Gasteiger charge is -2.50. The highest BCUT2D eigenvalue weighted by Gasteiger charge is 2.70. The molecule has 1 aromatic rings. The first-order valence-corrected chi connectivity index (χ1v) is 7.89. The number of amides is 1. The summed E-state index contributed by atoms with van der Waals surface area (Å²) in [5.74, 6) is -3.12. The summed E-state index contributed by atoms with van der Waals surface area (Å²) in [5.41, 5.74) is -2.54. The van der Waals surface area contributed by atoms with Gasteiger partial charge in [-0.05, 0) is 38.8 Å². The minimum absolute atomic E-state index is 0.321. The van der Waals surface area contributed by atoms with Gasteiger partial charge in [0.05, 0.1) is 6.04 Å². The number of rotatable bonds is 5. The molecule has 140 valence electrons. The van der Waals surface area contributed by atoms with E-state index in [2.05, 4.69) is 5.32 Å². The Labute approximate surface area is 146 Å². The molecule has 1 saturated carbocycles. The molecule has 1 fully saturated rings. The fourth-order valence-corrected chi connectivity index (χ4v) is 3.36. The normalized spacial score (nSPS) is 27.4. The molecule has 1 aliphatic carbocycles. The molecule has 0 aliphatic heterocycles. The zero-order valence-electron chi connectivity index (χ0n) is 13.5. The average molecular weight is 386 g/mol. The molecule has 1 aliphatic rings. The van der Waals surface area contributed by atoms with Crippen molar-refractivity contribution in [2.75, 3.05) is 6.61 Å². The Kier molecular flexibility index (Phi) is 5.23. The Bertz CT molecular complexity index is 654. The van der Waals surface area contributed by atoms with E-state index in [0.717, 1.165) is 18.2 Å². The predicted octanol–water partition coefficient (Wildman–Crippen LogP) is 4.19. The number of carbonyl (C=O) groups is 1. The van der Waals surface area contributed by atoms with Gasteiger partial charge >= 0.3 is 6.18 Å². The van der Waals surface area contributed by atoms with Gasteiger partial charge in [-0.25, -0.2) is 8.78 Å². The van der Waals surface area contributed by atoms with Crippen LogP contribution in [-0.4, -0.2) is 29.6 Å². The highest BCUT2D eigenvalue weighted by Crippen LogP contribution is 2.60. The number of benzene rings is 1. The third kappa shape index (κ3) is 4.16. The van der Waals surface area contributed by atoms with E-state index in [1.807, 2.05) is 0 Å². The van der Waals surface area contributed by atoms with Crippen LogP contribution in [0.15, 0.2) is 18.2 Å². The SMILES string of the molecule is CC(COc1cc(F)ccc1F)NC(=O)C1(C(F)(F)F)CC(C)(Cl)C1. The van der Waals surface area contributed by atoms with Crippen LogP contribution in [0.1, 0.15) is 26.7 Å². The summed E-state index contributed by atoms with van der Waals surface area (Å²) in [5, 5.41) is 2.21. The number of ether oxygens (including phenoxy) is 1. The first-order valence-electron chi connectivity index (χ1n) is 7.51. The lowest BCUT2D eigenvalue weighted by atomic mass is 9.60. The van der Waals surface area contributed by atoms with Crippen molar-refractivity contribution in [3.05, 3.63) is 29.8 Å². The fraction of sp³-hybridized carbons (Fsp3) is 0.562. The van der Waals surface area contributed by atoms with Gasteiger partial charge in [0.25, 0.3) is 0 Å². The van der Waals surface area contributed by atoms with Crippen molar-refractivity contribution in [1.82, 2.24) is 5.32 Å². The molecule has 1 atom stereocenters. The van der Waals surface area contributed by atoms with Crippen LogP contribution in [0.5, 0.6) is 5.75 Å². The van der Waals surface area contributed by atoms with E-state index in [1.165, 1.54) is 13.8 Å². The molecule has 0 saturated heterocycles. The monoisotopic (exact) mass is 385 g/mol. The smallest absolute Gasteiger partial charge is 0.403 e. The standard InChI is InChI=1S/C16H17ClF5NO2/c1-9(6-25-12-5-10(18)3-4-11(12)19)23-13(24)15(16(20,21)22)7-14(2,17)8-15/h3-5,9H,6-8H2,1-2H3,(H,23,24). The van der Waals surface area contributed by atoms with Crippen molar-refractivity contribution in [2.45, 2.75) is 43.8 Å². The molecule has 1 unspecified atom stereocenters. The van der Waals surface area contributed by atoms with Crippen molar-refractivity contribution in [3.63, 3.8) is 0 Å². The van der Waals surface area contributed by atoms with Crippen LogP contribution in [0.4, 0.5) is 22.0 Å². The van der Waals surface area contributed by atoms with E-state index < -0.39 is 52.9 Å². The van der Waals surface area contributed by atoms with E-state index in [-0.39, 0.29) is 12.4 Å². The predicted molar refractivity (Wildman–Crippen MR) is 81.4 cm³/mol. The molecule has 0 aromatic heterocycles. The molecule has 9 heteroatoms. The summed E-state index contributed by atoms with van der Waals surface area (Å²) in [4.78, 5) is 11.1. The quantitative estimate of drug-likeness (QED) is 0.609. The lowest BCUT2D eigenvalue weighted by molar-refractivity contribution is -0.249. The van der Waals surface area contributed by atoms with Crippen LogP contribution < -0.4 is 10.1 Å². The molecule has 3 nitrogen and oxygen atoms in total. The molecule has 0 bridgehead atoms. The molecular formula is C16H17ClF5NO2. The third-order valence-electron chi connectivity index (χ3n) is 4.08. The Morgan fingerprint density at radius 3 is 2.48 bits per heavy atom. The van der Waals surface area contributed by atoms with Gasteiger partial charge in [-0.1, -0.05) is 0 Å². The van der Waals surface area contributed by atoms with Crippen molar-refractivity contribution in [2.24, 2.45) is 5.41 Å². The van der Waals surface area contributed by atoms with Gasteiger partial charge in [0.1, 0.15) is 17.8 Å². The summed E-state index contributed by atoms with van der Waals surface area (Å²) in [6.07, 6.45) is -5.79. The zero-order chi connectivity index (χ0) is 19.0. The number of hydrogen-bond acceptors (Lipinski definition) is 2. The second kappa shape index (κ2) is 6.63. The Balaban J connectivity index is 1.98. The Morgan fingerprint density at radius 1 is 1.36 bits per heavy atom. The number of alkyl halides is 4.